The molecule has 2 aliphatic rings. The molecule has 0 radical (unpaired) electrons. The van der Waals surface area contributed by atoms with E-state index in [-0.39, 0.29) is 37.9 Å². The maximum Gasteiger partial charge on any atom is 0.310 e. The summed E-state index contributed by atoms with van der Waals surface area (Å²) in [6, 6.07) is 18.5. The van der Waals surface area contributed by atoms with Crippen LogP contribution >= 0.6 is 0 Å². The average molecular weight is 436 g/mol. The standard InChI is InChI=1S/C26H29NO5/c28-23(16-20-10-4-1-5-11-20)31-18-26(25(30)22-14-8-3-9-15-27(22)26)19-32-24(29)17-21-12-6-2-7-13-21/h1-2,4-7,10-13,22H,3,8-9,14-19H2. The van der Waals surface area contributed by atoms with Crippen molar-refractivity contribution in [3.8, 4) is 0 Å². The number of esters is 2. The minimum absolute atomic E-state index is 0.0134. The van der Waals surface area contributed by atoms with Gasteiger partial charge in [0, 0.05) is 6.54 Å². The van der Waals surface area contributed by atoms with Gasteiger partial charge in [-0.05, 0) is 24.0 Å². The van der Waals surface area contributed by atoms with Gasteiger partial charge in [-0.15, -0.1) is 0 Å². The van der Waals surface area contributed by atoms with Crippen molar-refractivity contribution in [3.63, 3.8) is 0 Å². The number of hydrogen-bond acceptors (Lipinski definition) is 6. The lowest BCUT2D eigenvalue weighted by molar-refractivity contribution is -0.183. The normalized spacial score (nSPS) is 19.9. The maximum atomic E-state index is 13.2. The van der Waals surface area contributed by atoms with Gasteiger partial charge in [-0.3, -0.25) is 19.3 Å². The summed E-state index contributed by atoms with van der Waals surface area (Å²) >= 11 is 0. The highest BCUT2D eigenvalue weighted by Gasteiger charge is 2.61. The fourth-order valence-electron chi connectivity index (χ4n) is 4.66. The van der Waals surface area contributed by atoms with Gasteiger partial charge in [-0.2, -0.15) is 0 Å². The molecule has 0 amide bonds. The van der Waals surface area contributed by atoms with Crippen LogP contribution in [0.5, 0.6) is 0 Å². The summed E-state index contributed by atoms with van der Waals surface area (Å²) in [5, 5.41) is 0. The fraction of sp³-hybridized carbons (Fsp3) is 0.423. The van der Waals surface area contributed by atoms with Crippen LogP contribution in [0.25, 0.3) is 0 Å². The highest BCUT2D eigenvalue weighted by Crippen LogP contribution is 2.39. The summed E-state index contributed by atoms with van der Waals surface area (Å²) in [4.78, 5) is 40.2. The Morgan fingerprint density at radius 3 is 1.88 bits per heavy atom. The van der Waals surface area contributed by atoms with Crippen molar-refractivity contribution < 1.29 is 23.9 Å². The Morgan fingerprint density at radius 2 is 1.34 bits per heavy atom. The van der Waals surface area contributed by atoms with E-state index in [1.165, 1.54) is 0 Å². The molecule has 1 unspecified atom stereocenters. The summed E-state index contributed by atoms with van der Waals surface area (Å²) in [5.74, 6) is -0.769. The van der Waals surface area contributed by atoms with Gasteiger partial charge in [0.25, 0.3) is 0 Å². The molecule has 0 aromatic heterocycles. The van der Waals surface area contributed by atoms with E-state index in [0.717, 1.165) is 43.4 Å². The number of carbonyl (C=O) groups is 3. The molecule has 6 nitrogen and oxygen atoms in total. The van der Waals surface area contributed by atoms with Crippen LogP contribution in [0.15, 0.2) is 60.7 Å². The minimum atomic E-state index is -1.08. The highest BCUT2D eigenvalue weighted by molar-refractivity contribution is 6.00. The second-order valence-corrected chi connectivity index (χ2v) is 8.60. The first-order valence-electron chi connectivity index (χ1n) is 11.3. The third kappa shape index (κ3) is 4.91. The number of rotatable bonds is 8. The first-order chi connectivity index (χ1) is 15.6. The predicted octanol–water partition coefficient (Wildman–Crippen LogP) is 3.12. The summed E-state index contributed by atoms with van der Waals surface area (Å²) in [5.41, 5.74) is 0.634. The predicted molar refractivity (Wildman–Crippen MR) is 119 cm³/mol. The van der Waals surface area contributed by atoms with Gasteiger partial charge in [-0.25, -0.2) is 0 Å². The molecule has 168 valence electrons. The van der Waals surface area contributed by atoms with E-state index < -0.39 is 17.5 Å². The van der Waals surface area contributed by atoms with Crippen molar-refractivity contribution in [2.45, 2.75) is 50.1 Å². The monoisotopic (exact) mass is 435 g/mol. The number of ether oxygens (including phenoxy) is 2. The molecule has 2 saturated heterocycles. The van der Waals surface area contributed by atoms with Gasteiger partial charge in [-0.1, -0.05) is 73.5 Å². The maximum absolute atomic E-state index is 13.2. The van der Waals surface area contributed by atoms with Crippen molar-refractivity contribution in [2.24, 2.45) is 0 Å². The van der Waals surface area contributed by atoms with Crippen LogP contribution in [-0.2, 0) is 36.7 Å². The second-order valence-electron chi connectivity index (χ2n) is 8.60. The SMILES string of the molecule is O=C(Cc1ccccc1)OCC1(COC(=O)Cc2ccccc2)C(=O)C2CCCCCN21. The average Bonchev–Trinajstić information content (AvgIpc) is 3.04. The van der Waals surface area contributed by atoms with Crippen molar-refractivity contribution in [1.82, 2.24) is 4.90 Å². The largest absolute Gasteiger partial charge is 0.463 e. The number of Topliss-reactive ketones (excluding diaryl/α,β-unsaturated/α-hetero) is 1. The molecule has 0 aliphatic carbocycles. The molecule has 2 heterocycles. The third-order valence-electron chi connectivity index (χ3n) is 6.39. The Bertz CT molecular complexity index is 886. The van der Waals surface area contributed by atoms with E-state index in [1.54, 1.807) is 0 Å². The van der Waals surface area contributed by atoms with Crippen LogP contribution < -0.4 is 0 Å². The zero-order chi connectivity index (χ0) is 22.4. The van der Waals surface area contributed by atoms with E-state index in [2.05, 4.69) is 4.90 Å². The molecule has 2 aromatic rings. The van der Waals surface area contributed by atoms with Crippen LogP contribution in [0.4, 0.5) is 0 Å². The van der Waals surface area contributed by atoms with Crippen LogP contribution in [0, 0.1) is 0 Å². The number of nitrogens with zero attached hydrogens (tertiary/aromatic N) is 1. The van der Waals surface area contributed by atoms with Crippen molar-refractivity contribution in [3.05, 3.63) is 71.8 Å². The molecule has 1 atom stereocenters. The number of benzene rings is 2. The van der Waals surface area contributed by atoms with Gasteiger partial charge < -0.3 is 9.47 Å². The number of fused-ring (bicyclic) bond motifs is 1. The first-order valence-corrected chi connectivity index (χ1v) is 11.3. The van der Waals surface area contributed by atoms with E-state index in [0.29, 0.717) is 0 Å². The Balaban J connectivity index is 1.42. The quantitative estimate of drug-likeness (QED) is 0.594. The molecule has 0 saturated carbocycles. The summed E-state index contributed by atoms with van der Waals surface area (Å²) < 4.78 is 11.1. The summed E-state index contributed by atoms with van der Waals surface area (Å²) in [6.45, 7) is 0.558. The van der Waals surface area contributed by atoms with Gasteiger partial charge in [0.15, 0.2) is 11.3 Å². The molecule has 2 aromatic carbocycles. The van der Waals surface area contributed by atoms with Gasteiger partial charge in [0.05, 0.1) is 18.9 Å². The second kappa shape index (κ2) is 10.1. The van der Waals surface area contributed by atoms with Gasteiger partial charge >= 0.3 is 11.9 Å². The Morgan fingerprint density at radius 1 is 0.812 bits per heavy atom. The summed E-state index contributed by atoms with van der Waals surface area (Å²) in [7, 11) is 0. The Labute approximate surface area is 188 Å². The van der Waals surface area contributed by atoms with Crippen LogP contribution in [0.2, 0.25) is 0 Å². The molecule has 0 spiro atoms. The first kappa shape index (κ1) is 22.2. The minimum Gasteiger partial charge on any atom is -0.463 e. The van der Waals surface area contributed by atoms with Gasteiger partial charge in [0.1, 0.15) is 13.2 Å². The lowest BCUT2D eigenvalue weighted by Gasteiger charge is -2.54. The van der Waals surface area contributed by atoms with E-state index in [9.17, 15) is 14.4 Å². The molecule has 2 fully saturated rings. The van der Waals surface area contributed by atoms with Crippen molar-refractivity contribution in [1.29, 1.82) is 0 Å². The smallest absolute Gasteiger partial charge is 0.310 e. The van der Waals surface area contributed by atoms with E-state index in [1.807, 2.05) is 60.7 Å². The molecule has 0 bridgehead atoms. The van der Waals surface area contributed by atoms with Crippen LogP contribution in [-0.4, -0.2) is 54.0 Å². The molecule has 0 N–H and O–H groups in total. The van der Waals surface area contributed by atoms with E-state index >= 15 is 0 Å². The Kier molecular flexibility index (Phi) is 7.00. The third-order valence-corrected chi connectivity index (χ3v) is 6.39. The zero-order valence-electron chi connectivity index (χ0n) is 18.2. The number of hydrogen-bond donors (Lipinski definition) is 0. The fourth-order valence-corrected chi connectivity index (χ4v) is 4.66. The topological polar surface area (TPSA) is 72.9 Å². The van der Waals surface area contributed by atoms with Crippen molar-refractivity contribution in [2.75, 3.05) is 19.8 Å². The molecular formula is C26H29NO5. The molecule has 6 heteroatoms. The molecule has 2 aliphatic heterocycles. The Hall–Kier alpha value is -2.99. The van der Waals surface area contributed by atoms with Crippen LogP contribution in [0.1, 0.15) is 36.8 Å². The number of carbonyl (C=O) groups excluding carboxylic acids is 3. The lowest BCUT2D eigenvalue weighted by atomic mass is 9.76. The van der Waals surface area contributed by atoms with Crippen LogP contribution in [0.3, 0.4) is 0 Å². The van der Waals surface area contributed by atoms with Gasteiger partial charge in [0.2, 0.25) is 0 Å². The molecule has 4 rings (SSSR count). The summed E-state index contributed by atoms with van der Waals surface area (Å²) in [6.07, 6.45) is 4.13. The molecule has 32 heavy (non-hydrogen) atoms. The zero-order valence-corrected chi connectivity index (χ0v) is 18.2. The number of ketones is 1. The van der Waals surface area contributed by atoms with E-state index in [4.69, 9.17) is 9.47 Å². The molecular weight excluding hydrogens is 406 g/mol. The highest BCUT2D eigenvalue weighted by atomic mass is 16.6. The lowest BCUT2D eigenvalue weighted by Crippen LogP contribution is -2.77. The van der Waals surface area contributed by atoms with Crippen molar-refractivity contribution >= 4 is 17.7 Å².